The molecule has 0 heterocycles. The Morgan fingerprint density at radius 2 is 1.73 bits per heavy atom. The number of hydrogen-bond donors (Lipinski definition) is 1. The molecule has 15 heavy (non-hydrogen) atoms. The third-order valence-electron chi connectivity index (χ3n) is 3.54. The first-order valence-corrected chi connectivity index (χ1v) is 6.82. The van der Waals surface area contributed by atoms with Crippen molar-refractivity contribution in [1.82, 2.24) is 4.90 Å². The van der Waals surface area contributed by atoms with E-state index < -0.39 is 0 Å². The van der Waals surface area contributed by atoms with Crippen molar-refractivity contribution in [2.75, 3.05) is 19.6 Å². The van der Waals surface area contributed by atoms with E-state index in [0.717, 1.165) is 12.6 Å². The zero-order valence-electron chi connectivity index (χ0n) is 10.4. The molecule has 0 atom stereocenters. The highest BCUT2D eigenvalue weighted by atomic mass is 15.1. The third kappa shape index (κ3) is 4.98. The highest BCUT2D eigenvalue weighted by Crippen LogP contribution is 2.24. The van der Waals surface area contributed by atoms with Gasteiger partial charge in [0.1, 0.15) is 0 Å². The summed E-state index contributed by atoms with van der Waals surface area (Å²) in [5.41, 5.74) is 5.55. The molecule has 0 aromatic rings. The van der Waals surface area contributed by atoms with Crippen molar-refractivity contribution >= 4 is 0 Å². The van der Waals surface area contributed by atoms with Crippen molar-refractivity contribution in [3.63, 3.8) is 0 Å². The first kappa shape index (κ1) is 13.0. The standard InChI is InChI=1S/C13H28N2/c1-2-3-11-15(12-7-6-10-14)13-8-4-5-9-13/h13H,2-12,14H2,1H3. The van der Waals surface area contributed by atoms with Crippen LogP contribution >= 0.6 is 0 Å². The quantitative estimate of drug-likeness (QED) is 0.627. The van der Waals surface area contributed by atoms with Crippen LogP contribution < -0.4 is 5.73 Å². The first-order chi connectivity index (χ1) is 7.38. The van der Waals surface area contributed by atoms with E-state index >= 15 is 0 Å². The van der Waals surface area contributed by atoms with Gasteiger partial charge < -0.3 is 10.6 Å². The van der Waals surface area contributed by atoms with Crippen molar-refractivity contribution in [1.29, 1.82) is 0 Å². The van der Waals surface area contributed by atoms with E-state index in [9.17, 15) is 0 Å². The molecule has 0 unspecified atom stereocenters. The van der Waals surface area contributed by atoms with Crippen LogP contribution in [0.25, 0.3) is 0 Å². The van der Waals surface area contributed by atoms with E-state index in [1.165, 1.54) is 64.5 Å². The minimum atomic E-state index is 0.853. The molecule has 2 N–H and O–H groups in total. The lowest BCUT2D eigenvalue weighted by Gasteiger charge is -2.28. The molecule has 0 aromatic heterocycles. The van der Waals surface area contributed by atoms with Crippen molar-refractivity contribution in [3.05, 3.63) is 0 Å². The zero-order chi connectivity index (χ0) is 10.9. The molecule has 0 radical (unpaired) electrons. The third-order valence-corrected chi connectivity index (χ3v) is 3.54. The number of nitrogens with zero attached hydrogens (tertiary/aromatic N) is 1. The van der Waals surface area contributed by atoms with Gasteiger partial charge in [-0.05, 0) is 51.7 Å². The van der Waals surface area contributed by atoms with Crippen LogP contribution in [0.1, 0.15) is 58.3 Å². The van der Waals surface area contributed by atoms with Gasteiger partial charge in [0.05, 0.1) is 0 Å². The molecule has 0 amide bonds. The highest BCUT2D eigenvalue weighted by Gasteiger charge is 2.21. The molecule has 0 aliphatic heterocycles. The summed E-state index contributed by atoms with van der Waals surface area (Å²) < 4.78 is 0. The summed E-state index contributed by atoms with van der Waals surface area (Å²) in [6.45, 7) is 5.73. The second-order valence-electron chi connectivity index (χ2n) is 4.82. The molecule has 1 aliphatic rings. The van der Waals surface area contributed by atoms with E-state index in [1.807, 2.05) is 0 Å². The largest absolute Gasteiger partial charge is 0.330 e. The Labute approximate surface area is 95.2 Å². The fourth-order valence-corrected chi connectivity index (χ4v) is 2.57. The Bertz CT molecular complexity index is 141. The maximum absolute atomic E-state index is 5.55. The van der Waals surface area contributed by atoms with Gasteiger partial charge in [0.25, 0.3) is 0 Å². The lowest BCUT2D eigenvalue weighted by atomic mass is 10.1. The second kappa shape index (κ2) is 8.12. The molecule has 0 aromatic carbocycles. The van der Waals surface area contributed by atoms with Crippen LogP contribution in [0.5, 0.6) is 0 Å². The highest BCUT2D eigenvalue weighted by molar-refractivity contribution is 4.77. The number of rotatable bonds is 8. The molecule has 0 spiro atoms. The van der Waals surface area contributed by atoms with E-state index in [-0.39, 0.29) is 0 Å². The van der Waals surface area contributed by atoms with Crippen LogP contribution in [0.4, 0.5) is 0 Å². The molecule has 1 rings (SSSR count). The Morgan fingerprint density at radius 3 is 2.33 bits per heavy atom. The normalized spacial score (nSPS) is 17.8. The maximum Gasteiger partial charge on any atom is 0.00952 e. The van der Waals surface area contributed by atoms with Gasteiger partial charge in [-0.2, -0.15) is 0 Å². The van der Waals surface area contributed by atoms with Crippen LogP contribution in [-0.2, 0) is 0 Å². The predicted octanol–water partition coefficient (Wildman–Crippen LogP) is 2.77. The van der Waals surface area contributed by atoms with Gasteiger partial charge in [-0.1, -0.05) is 26.2 Å². The fourth-order valence-electron chi connectivity index (χ4n) is 2.57. The first-order valence-electron chi connectivity index (χ1n) is 6.82. The van der Waals surface area contributed by atoms with Crippen LogP contribution in [0, 0.1) is 0 Å². The molecule has 1 saturated carbocycles. The Kier molecular flexibility index (Phi) is 7.03. The average Bonchev–Trinajstić information content (AvgIpc) is 2.76. The molecule has 2 heteroatoms. The van der Waals surface area contributed by atoms with Crippen molar-refractivity contribution < 1.29 is 0 Å². The molecule has 0 saturated heterocycles. The Balaban J connectivity index is 2.23. The van der Waals surface area contributed by atoms with E-state index in [2.05, 4.69) is 11.8 Å². The molecule has 1 aliphatic carbocycles. The van der Waals surface area contributed by atoms with Gasteiger partial charge >= 0.3 is 0 Å². The van der Waals surface area contributed by atoms with Crippen molar-refractivity contribution in [2.24, 2.45) is 5.73 Å². The average molecular weight is 212 g/mol. The summed E-state index contributed by atoms with van der Waals surface area (Å²) in [7, 11) is 0. The van der Waals surface area contributed by atoms with Gasteiger partial charge in [-0.3, -0.25) is 0 Å². The summed E-state index contributed by atoms with van der Waals surface area (Å²) in [4.78, 5) is 2.73. The lowest BCUT2D eigenvalue weighted by molar-refractivity contribution is 0.192. The Hall–Kier alpha value is -0.0800. The van der Waals surface area contributed by atoms with E-state index in [1.54, 1.807) is 0 Å². The zero-order valence-corrected chi connectivity index (χ0v) is 10.4. The SMILES string of the molecule is CCCCN(CCCCN)C1CCCC1. The van der Waals surface area contributed by atoms with Gasteiger partial charge in [-0.25, -0.2) is 0 Å². The van der Waals surface area contributed by atoms with E-state index in [4.69, 9.17) is 5.73 Å². The summed E-state index contributed by atoms with van der Waals surface area (Å²) >= 11 is 0. The minimum absolute atomic E-state index is 0.853. The minimum Gasteiger partial charge on any atom is -0.330 e. The topological polar surface area (TPSA) is 29.3 Å². The molecule has 0 bridgehead atoms. The van der Waals surface area contributed by atoms with Gasteiger partial charge in [0.15, 0.2) is 0 Å². The van der Waals surface area contributed by atoms with Crippen molar-refractivity contribution in [2.45, 2.75) is 64.3 Å². The number of nitrogens with two attached hydrogens (primary N) is 1. The predicted molar refractivity (Wildman–Crippen MR) is 67.0 cm³/mol. The summed E-state index contributed by atoms with van der Waals surface area (Å²) in [6.07, 6.45) is 10.9. The van der Waals surface area contributed by atoms with Gasteiger partial charge in [-0.15, -0.1) is 0 Å². The summed E-state index contributed by atoms with van der Waals surface area (Å²) in [6, 6.07) is 0.898. The molecular weight excluding hydrogens is 184 g/mol. The molecular formula is C13H28N2. The van der Waals surface area contributed by atoms with Crippen LogP contribution in [0.2, 0.25) is 0 Å². The van der Waals surface area contributed by atoms with E-state index in [0.29, 0.717) is 0 Å². The van der Waals surface area contributed by atoms with Crippen LogP contribution in [-0.4, -0.2) is 30.6 Å². The Morgan fingerprint density at radius 1 is 1.07 bits per heavy atom. The fraction of sp³-hybridized carbons (Fsp3) is 1.00. The molecule has 2 nitrogen and oxygen atoms in total. The van der Waals surface area contributed by atoms with Crippen LogP contribution in [0.3, 0.4) is 0 Å². The lowest BCUT2D eigenvalue weighted by Crippen LogP contribution is -2.35. The van der Waals surface area contributed by atoms with Gasteiger partial charge in [0.2, 0.25) is 0 Å². The summed E-state index contributed by atoms with van der Waals surface area (Å²) in [5.74, 6) is 0. The monoisotopic (exact) mass is 212 g/mol. The van der Waals surface area contributed by atoms with Crippen molar-refractivity contribution in [3.8, 4) is 0 Å². The summed E-state index contributed by atoms with van der Waals surface area (Å²) in [5, 5.41) is 0. The maximum atomic E-state index is 5.55. The number of unbranched alkanes of at least 4 members (excludes halogenated alkanes) is 2. The van der Waals surface area contributed by atoms with Gasteiger partial charge in [0, 0.05) is 6.04 Å². The molecule has 90 valence electrons. The smallest absolute Gasteiger partial charge is 0.00952 e. The molecule has 1 fully saturated rings. The van der Waals surface area contributed by atoms with Crippen LogP contribution in [0.15, 0.2) is 0 Å². The second-order valence-corrected chi connectivity index (χ2v) is 4.82. The number of hydrogen-bond acceptors (Lipinski definition) is 2.